The smallest absolute Gasteiger partial charge is 0.230 e. The van der Waals surface area contributed by atoms with E-state index < -0.39 is 0 Å². The lowest BCUT2D eigenvalue weighted by Gasteiger charge is -2.20. The van der Waals surface area contributed by atoms with Gasteiger partial charge in [-0.15, -0.1) is 11.8 Å². The van der Waals surface area contributed by atoms with Crippen molar-refractivity contribution in [2.24, 2.45) is 0 Å². The Morgan fingerprint density at radius 1 is 1.10 bits per heavy atom. The van der Waals surface area contributed by atoms with Gasteiger partial charge in [0.1, 0.15) is 0 Å². The lowest BCUT2D eigenvalue weighted by Crippen LogP contribution is -2.36. The Bertz CT molecular complexity index is 413. The van der Waals surface area contributed by atoms with E-state index in [4.69, 9.17) is 0 Å². The Labute approximate surface area is 134 Å². The molecule has 1 N–H and O–H groups in total. The number of carbonyl (C=O) groups is 1. The van der Waals surface area contributed by atoms with Crippen LogP contribution in [0.3, 0.4) is 0 Å². The second-order valence-corrected chi connectivity index (χ2v) is 7.32. The van der Waals surface area contributed by atoms with E-state index in [-0.39, 0.29) is 5.91 Å². The largest absolute Gasteiger partial charge is 0.353 e. The number of amides is 1. The summed E-state index contributed by atoms with van der Waals surface area (Å²) >= 11 is 5.02. The molecule has 0 aromatic heterocycles. The molecule has 1 fully saturated rings. The Morgan fingerprint density at radius 3 is 2.35 bits per heavy atom. The van der Waals surface area contributed by atoms with Gasteiger partial charge in [0.15, 0.2) is 0 Å². The van der Waals surface area contributed by atoms with Crippen molar-refractivity contribution in [1.82, 2.24) is 5.32 Å². The third-order valence-corrected chi connectivity index (χ3v) is 5.19. The molecule has 1 amide bonds. The molecule has 4 heteroatoms. The fourth-order valence-corrected chi connectivity index (χ4v) is 3.52. The predicted molar refractivity (Wildman–Crippen MR) is 89.1 cm³/mol. The Hall–Kier alpha value is -0.480. The number of thioether (sulfide) groups is 1. The van der Waals surface area contributed by atoms with Crippen LogP contribution in [0.1, 0.15) is 44.9 Å². The van der Waals surface area contributed by atoms with E-state index >= 15 is 0 Å². The molecule has 1 aliphatic carbocycles. The monoisotopic (exact) mass is 355 g/mol. The summed E-state index contributed by atoms with van der Waals surface area (Å²) in [6.45, 7) is 0. The van der Waals surface area contributed by atoms with Gasteiger partial charge in [-0.05, 0) is 37.1 Å². The molecule has 20 heavy (non-hydrogen) atoms. The van der Waals surface area contributed by atoms with Crippen LogP contribution in [0.2, 0.25) is 0 Å². The van der Waals surface area contributed by atoms with E-state index in [1.807, 2.05) is 24.3 Å². The molecule has 1 aliphatic rings. The van der Waals surface area contributed by atoms with Gasteiger partial charge in [0.2, 0.25) is 5.91 Å². The average Bonchev–Trinajstić information content (AvgIpc) is 2.41. The zero-order valence-electron chi connectivity index (χ0n) is 11.7. The Morgan fingerprint density at radius 2 is 1.70 bits per heavy atom. The van der Waals surface area contributed by atoms with Crippen molar-refractivity contribution in [1.29, 1.82) is 0 Å². The highest BCUT2D eigenvalue weighted by Gasteiger charge is 2.13. The second kappa shape index (κ2) is 8.73. The molecule has 1 saturated carbocycles. The van der Waals surface area contributed by atoms with Gasteiger partial charge in [0, 0.05) is 15.4 Å². The van der Waals surface area contributed by atoms with Crippen molar-refractivity contribution in [3.63, 3.8) is 0 Å². The number of nitrogens with one attached hydrogen (secondary N) is 1. The Kier molecular flexibility index (Phi) is 6.94. The predicted octanol–water partition coefficient (Wildman–Crippen LogP) is 4.77. The van der Waals surface area contributed by atoms with Gasteiger partial charge in [-0.3, -0.25) is 4.79 Å². The molecule has 0 bridgehead atoms. The summed E-state index contributed by atoms with van der Waals surface area (Å²) in [6, 6.07) is 8.49. The summed E-state index contributed by atoms with van der Waals surface area (Å²) in [7, 11) is 0. The summed E-state index contributed by atoms with van der Waals surface area (Å²) in [5, 5.41) is 3.20. The van der Waals surface area contributed by atoms with Crippen molar-refractivity contribution in [3.05, 3.63) is 28.7 Å². The number of hydrogen-bond donors (Lipinski definition) is 1. The molecule has 1 aromatic rings. The third kappa shape index (κ3) is 5.88. The van der Waals surface area contributed by atoms with E-state index in [0.717, 1.165) is 22.2 Å². The van der Waals surface area contributed by atoms with Crippen LogP contribution < -0.4 is 5.32 Å². The molecule has 2 nitrogen and oxygen atoms in total. The van der Waals surface area contributed by atoms with E-state index in [1.165, 1.54) is 32.1 Å². The molecule has 1 aromatic carbocycles. The molecular weight excluding hydrogens is 334 g/mol. The van der Waals surface area contributed by atoms with Crippen LogP contribution in [0.5, 0.6) is 0 Å². The van der Waals surface area contributed by atoms with Crippen molar-refractivity contribution >= 4 is 33.6 Å². The first-order valence-corrected chi connectivity index (χ1v) is 9.19. The molecule has 2 rings (SSSR count). The SMILES string of the molecule is O=C(CSc1ccc(Br)cc1)NC1CCCCCCC1. The fraction of sp³-hybridized carbons (Fsp3) is 0.562. The molecule has 0 spiro atoms. The topological polar surface area (TPSA) is 29.1 Å². The number of rotatable bonds is 4. The van der Waals surface area contributed by atoms with Crippen LogP contribution in [0, 0.1) is 0 Å². The van der Waals surface area contributed by atoms with Gasteiger partial charge in [-0.1, -0.05) is 48.0 Å². The minimum Gasteiger partial charge on any atom is -0.353 e. The Balaban J connectivity index is 1.72. The summed E-state index contributed by atoms with van der Waals surface area (Å²) in [5.74, 6) is 0.682. The van der Waals surface area contributed by atoms with Crippen LogP contribution in [-0.4, -0.2) is 17.7 Å². The van der Waals surface area contributed by atoms with Crippen LogP contribution >= 0.6 is 27.7 Å². The maximum atomic E-state index is 12.0. The van der Waals surface area contributed by atoms with Gasteiger partial charge in [0.25, 0.3) is 0 Å². The molecule has 0 heterocycles. The second-order valence-electron chi connectivity index (χ2n) is 5.35. The summed E-state index contributed by atoms with van der Waals surface area (Å²) in [5.41, 5.74) is 0. The van der Waals surface area contributed by atoms with Gasteiger partial charge in [-0.25, -0.2) is 0 Å². The highest BCUT2D eigenvalue weighted by atomic mass is 79.9. The van der Waals surface area contributed by atoms with Crippen molar-refractivity contribution < 1.29 is 4.79 Å². The maximum absolute atomic E-state index is 12.0. The van der Waals surface area contributed by atoms with Gasteiger partial charge >= 0.3 is 0 Å². The van der Waals surface area contributed by atoms with Gasteiger partial charge in [-0.2, -0.15) is 0 Å². The number of carbonyl (C=O) groups excluding carboxylic acids is 1. The van der Waals surface area contributed by atoms with Crippen LogP contribution in [0.25, 0.3) is 0 Å². The lowest BCUT2D eigenvalue weighted by molar-refractivity contribution is -0.119. The van der Waals surface area contributed by atoms with Crippen LogP contribution in [0.15, 0.2) is 33.6 Å². The fourth-order valence-electron chi connectivity index (χ4n) is 2.55. The van der Waals surface area contributed by atoms with Gasteiger partial charge < -0.3 is 5.32 Å². The highest BCUT2D eigenvalue weighted by Crippen LogP contribution is 2.21. The van der Waals surface area contributed by atoms with Crippen molar-refractivity contribution in [2.75, 3.05) is 5.75 Å². The van der Waals surface area contributed by atoms with E-state index in [2.05, 4.69) is 21.2 Å². The number of halogens is 1. The van der Waals surface area contributed by atoms with E-state index in [1.54, 1.807) is 11.8 Å². The minimum absolute atomic E-state index is 0.170. The maximum Gasteiger partial charge on any atom is 0.230 e. The first kappa shape index (κ1) is 15.9. The average molecular weight is 356 g/mol. The van der Waals surface area contributed by atoms with E-state index in [0.29, 0.717) is 11.8 Å². The molecule has 0 atom stereocenters. The summed E-state index contributed by atoms with van der Waals surface area (Å²) in [4.78, 5) is 13.1. The first-order valence-electron chi connectivity index (χ1n) is 7.42. The minimum atomic E-state index is 0.170. The lowest BCUT2D eigenvalue weighted by atomic mass is 9.97. The van der Waals surface area contributed by atoms with Crippen molar-refractivity contribution in [3.8, 4) is 0 Å². The number of benzene rings is 1. The summed E-state index contributed by atoms with van der Waals surface area (Å²) in [6.07, 6.45) is 8.80. The normalized spacial score (nSPS) is 17.2. The standard InChI is InChI=1S/C16H22BrNOS/c17-13-8-10-15(11-9-13)20-12-16(19)18-14-6-4-2-1-3-5-7-14/h8-11,14H,1-7,12H2,(H,18,19). The summed E-state index contributed by atoms with van der Waals surface area (Å²) < 4.78 is 1.07. The molecule has 0 unspecified atom stereocenters. The zero-order chi connectivity index (χ0) is 14.2. The highest BCUT2D eigenvalue weighted by molar-refractivity contribution is 9.10. The van der Waals surface area contributed by atoms with Gasteiger partial charge in [0.05, 0.1) is 5.75 Å². The quantitative estimate of drug-likeness (QED) is 0.788. The van der Waals surface area contributed by atoms with Crippen LogP contribution in [0.4, 0.5) is 0 Å². The molecule has 0 saturated heterocycles. The molecule has 110 valence electrons. The first-order chi connectivity index (χ1) is 9.74. The number of hydrogen-bond acceptors (Lipinski definition) is 2. The molecular formula is C16H22BrNOS. The van der Waals surface area contributed by atoms with Crippen LogP contribution in [-0.2, 0) is 4.79 Å². The van der Waals surface area contributed by atoms with Crippen molar-refractivity contribution in [2.45, 2.75) is 55.9 Å². The molecule has 0 radical (unpaired) electrons. The molecule has 0 aliphatic heterocycles. The van der Waals surface area contributed by atoms with E-state index in [9.17, 15) is 4.79 Å². The third-order valence-electron chi connectivity index (χ3n) is 3.65. The zero-order valence-corrected chi connectivity index (χ0v) is 14.1.